The van der Waals surface area contributed by atoms with Crippen LogP contribution >= 0.6 is 38.5 Å². The van der Waals surface area contributed by atoms with Crippen molar-refractivity contribution in [2.24, 2.45) is 17.8 Å². The number of imide groups is 1. The van der Waals surface area contributed by atoms with Crippen molar-refractivity contribution in [3.05, 3.63) is 26.2 Å². The van der Waals surface area contributed by atoms with Crippen LogP contribution in [0, 0.1) is 21.3 Å². The molecule has 2 aliphatic rings. The molecule has 1 aromatic rings. The van der Waals surface area contributed by atoms with E-state index in [9.17, 15) is 9.59 Å². The molecule has 2 unspecified atom stereocenters. The van der Waals surface area contributed by atoms with E-state index in [2.05, 4.69) is 45.4 Å². The van der Waals surface area contributed by atoms with Gasteiger partial charge in [0.25, 0.3) is 0 Å². The fourth-order valence-electron chi connectivity index (χ4n) is 3.18. The minimum atomic E-state index is -0.103. The number of rotatable bonds is 1. The SMILES string of the molecule is CC1CC2C(=O)N(c3ccc(I)cc3Br)C(=O)C2C1. The van der Waals surface area contributed by atoms with Crippen LogP contribution in [0.2, 0.25) is 0 Å². The number of carbonyl (C=O) groups excluding carboxylic acids is 2. The molecule has 1 aromatic carbocycles. The quantitative estimate of drug-likeness (QED) is 0.501. The fourth-order valence-corrected chi connectivity index (χ4v) is 4.65. The first kappa shape index (κ1) is 13.5. The van der Waals surface area contributed by atoms with Crippen LogP contribution in [0.5, 0.6) is 0 Å². The summed E-state index contributed by atoms with van der Waals surface area (Å²) in [7, 11) is 0. The Kier molecular flexibility index (Phi) is 3.45. The van der Waals surface area contributed by atoms with Crippen LogP contribution in [0.25, 0.3) is 0 Å². The first-order chi connectivity index (χ1) is 8.99. The van der Waals surface area contributed by atoms with E-state index in [0.29, 0.717) is 11.6 Å². The Morgan fingerprint density at radius 3 is 2.32 bits per heavy atom. The molecule has 100 valence electrons. The first-order valence-corrected chi connectivity index (χ1v) is 8.19. The van der Waals surface area contributed by atoms with E-state index in [4.69, 9.17) is 0 Å². The van der Waals surface area contributed by atoms with E-state index >= 15 is 0 Å². The van der Waals surface area contributed by atoms with E-state index in [-0.39, 0.29) is 23.7 Å². The van der Waals surface area contributed by atoms with E-state index in [1.54, 1.807) is 0 Å². The van der Waals surface area contributed by atoms with Crippen molar-refractivity contribution in [2.75, 3.05) is 4.90 Å². The maximum Gasteiger partial charge on any atom is 0.237 e. The summed E-state index contributed by atoms with van der Waals surface area (Å²) in [5.74, 6) is 0.218. The smallest absolute Gasteiger partial charge is 0.237 e. The lowest BCUT2D eigenvalue weighted by molar-refractivity contribution is -0.123. The minimum Gasteiger partial charge on any atom is -0.274 e. The van der Waals surface area contributed by atoms with Crippen molar-refractivity contribution in [3.63, 3.8) is 0 Å². The number of benzene rings is 1. The zero-order valence-corrected chi connectivity index (χ0v) is 14.1. The number of nitrogens with zero attached hydrogens (tertiary/aromatic N) is 1. The minimum absolute atomic E-state index is 0.0266. The van der Waals surface area contributed by atoms with Gasteiger partial charge in [0.1, 0.15) is 0 Å². The second-order valence-electron chi connectivity index (χ2n) is 5.40. The number of fused-ring (bicyclic) bond motifs is 1. The van der Waals surface area contributed by atoms with E-state index in [1.165, 1.54) is 4.90 Å². The van der Waals surface area contributed by atoms with E-state index in [1.807, 2.05) is 18.2 Å². The maximum atomic E-state index is 12.5. The molecule has 19 heavy (non-hydrogen) atoms. The third kappa shape index (κ3) is 2.14. The molecule has 2 fully saturated rings. The molecular weight excluding hydrogens is 421 g/mol. The summed E-state index contributed by atoms with van der Waals surface area (Å²) in [6.45, 7) is 2.12. The zero-order chi connectivity index (χ0) is 13.7. The Bertz CT molecular complexity index is 551. The van der Waals surface area contributed by atoms with E-state index in [0.717, 1.165) is 20.9 Å². The molecule has 3 rings (SSSR count). The van der Waals surface area contributed by atoms with Crippen molar-refractivity contribution >= 4 is 56.0 Å². The predicted octanol–water partition coefficient (Wildman–Crippen LogP) is 3.59. The van der Waals surface area contributed by atoms with Crippen LogP contribution in [0.1, 0.15) is 19.8 Å². The molecule has 5 heteroatoms. The average molecular weight is 434 g/mol. The fraction of sp³-hybridized carbons (Fsp3) is 0.429. The van der Waals surface area contributed by atoms with Crippen molar-refractivity contribution in [2.45, 2.75) is 19.8 Å². The standard InChI is InChI=1S/C14H13BrINO2/c1-7-4-9-10(5-7)14(19)17(13(9)18)12-3-2-8(16)6-11(12)15/h2-3,6-7,9-10H,4-5H2,1H3. The highest BCUT2D eigenvalue weighted by molar-refractivity contribution is 14.1. The summed E-state index contributed by atoms with van der Waals surface area (Å²) in [4.78, 5) is 26.3. The Morgan fingerprint density at radius 1 is 1.21 bits per heavy atom. The molecule has 0 aromatic heterocycles. The molecule has 1 aliphatic heterocycles. The van der Waals surface area contributed by atoms with Crippen molar-refractivity contribution in [1.29, 1.82) is 0 Å². The van der Waals surface area contributed by atoms with Crippen molar-refractivity contribution in [3.8, 4) is 0 Å². The Labute approximate surface area is 134 Å². The van der Waals surface area contributed by atoms with Gasteiger partial charge in [-0.05, 0) is 75.5 Å². The Balaban J connectivity index is 1.99. The number of carbonyl (C=O) groups is 2. The normalized spacial score (nSPS) is 30.1. The highest BCUT2D eigenvalue weighted by Gasteiger charge is 2.52. The molecule has 2 amide bonds. The number of amides is 2. The van der Waals surface area contributed by atoms with Gasteiger partial charge in [-0.15, -0.1) is 0 Å². The van der Waals surface area contributed by atoms with Gasteiger partial charge in [-0.3, -0.25) is 9.59 Å². The van der Waals surface area contributed by atoms with Crippen LogP contribution in [-0.2, 0) is 9.59 Å². The van der Waals surface area contributed by atoms with Gasteiger partial charge in [0.15, 0.2) is 0 Å². The lowest BCUT2D eigenvalue weighted by atomic mass is 10.00. The van der Waals surface area contributed by atoms with Gasteiger partial charge in [0.05, 0.1) is 17.5 Å². The number of halogens is 2. The highest BCUT2D eigenvalue weighted by atomic mass is 127. The second kappa shape index (κ2) is 4.84. The largest absolute Gasteiger partial charge is 0.274 e. The number of hydrogen-bond donors (Lipinski definition) is 0. The van der Waals surface area contributed by atoms with Crippen LogP contribution in [0.15, 0.2) is 22.7 Å². The van der Waals surface area contributed by atoms with Crippen molar-refractivity contribution in [1.82, 2.24) is 0 Å². The topological polar surface area (TPSA) is 37.4 Å². The predicted molar refractivity (Wildman–Crippen MR) is 84.7 cm³/mol. The summed E-state index contributed by atoms with van der Waals surface area (Å²) in [6, 6.07) is 5.68. The zero-order valence-electron chi connectivity index (χ0n) is 10.4. The Morgan fingerprint density at radius 2 is 1.79 bits per heavy atom. The second-order valence-corrected chi connectivity index (χ2v) is 7.50. The summed E-state index contributed by atoms with van der Waals surface area (Å²) in [5.41, 5.74) is 0.678. The maximum absolute atomic E-state index is 12.5. The van der Waals surface area contributed by atoms with Gasteiger partial charge in [-0.1, -0.05) is 6.92 Å². The molecule has 1 aliphatic carbocycles. The third-order valence-electron chi connectivity index (χ3n) is 4.02. The molecule has 2 atom stereocenters. The van der Waals surface area contributed by atoms with Gasteiger partial charge < -0.3 is 0 Å². The number of anilines is 1. The highest BCUT2D eigenvalue weighted by Crippen LogP contribution is 2.45. The molecule has 1 saturated heterocycles. The van der Waals surface area contributed by atoms with E-state index < -0.39 is 0 Å². The summed E-state index contributed by atoms with van der Waals surface area (Å²) >= 11 is 5.66. The van der Waals surface area contributed by atoms with Crippen LogP contribution in [0.4, 0.5) is 5.69 Å². The monoisotopic (exact) mass is 433 g/mol. The summed E-state index contributed by atoms with van der Waals surface area (Å²) in [6.07, 6.45) is 1.68. The van der Waals surface area contributed by atoms with Gasteiger partial charge in [-0.2, -0.15) is 0 Å². The van der Waals surface area contributed by atoms with Gasteiger partial charge in [0.2, 0.25) is 11.8 Å². The third-order valence-corrected chi connectivity index (χ3v) is 5.33. The molecule has 1 saturated carbocycles. The molecule has 0 spiro atoms. The van der Waals surface area contributed by atoms with Crippen molar-refractivity contribution < 1.29 is 9.59 Å². The van der Waals surface area contributed by atoms with Crippen LogP contribution < -0.4 is 4.90 Å². The lowest BCUT2D eigenvalue weighted by Crippen LogP contribution is -2.32. The summed E-state index contributed by atoms with van der Waals surface area (Å²) in [5, 5.41) is 0. The van der Waals surface area contributed by atoms with Gasteiger partial charge in [0, 0.05) is 8.04 Å². The van der Waals surface area contributed by atoms with Gasteiger partial charge in [-0.25, -0.2) is 4.90 Å². The van der Waals surface area contributed by atoms with Crippen LogP contribution in [0.3, 0.4) is 0 Å². The van der Waals surface area contributed by atoms with Crippen LogP contribution in [-0.4, -0.2) is 11.8 Å². The molecular formula is C14H13BrINO2. The Hall–Kier alpha value is -0.430. The molecule has 0 radical (unpaired) electrons. The molecule has 3 nitrogen and oxygen atoms in total. The molecule has 0 bridgehead atoms. The average Bonchev–Trinajstić information content (AvgIpc) is 2.82. The summed E-state index contributed by atoms with van der Waals surface area (Å²) < 4.78 is 1.87. The van der Waals surface area contributed by atoms with Gasteiger partial charge >= 0.3 is 0 Å². The number of hydrogen-bond acceptors (Lipinski definition) is 2. The molecule has 1 heterocycles. The first-order valence-electron chi connectivity index (χ1n) is 6.32. The lowest BCUT2D eigenvalue weighted by Gasteiger charge is -2.18. The molecule has 0 N–H and O–H groups in total.